The van der Waals surface area contributed by atoms with Gasteiger partial charge in [0.2, 0.25) is 0 Å². The number of fused-ring (bicyclic) bond motifs is 1. The minimum absolute atomic E-state index is 0.947. The van der Waals surface area contributed by atoms with Gasteiger partial charge in [-0.15, -0.1) is 0 Å². The first-order valence-corrected chi connectivity index (χ1v) is 4.78. The van der Waals surface area contributed by atoms with Crippen molar-refractivity contribution in [1.29, 1.82) is 0 Å². The van der Waals surface area contributed by atoms with Gasteiger partial charge in [0.15, 0.2) is 0 Å². The predicted molar refractivity (Wildman–Crippen MR) is 59.3 cm³/mol. The fourth-order valence-corrected chi connectivity index (χ4v) is 1.67. The molecule has 0 bridgehead atoms. The molecular weight excluding hydrogens is 186 g/mol. The van der Waals surface area contributed by atoms with Crippen molar-refractivity contribution in [2.75, 3.05) is 0 Å². The van der Waals surface area contributed by atoms with E-state index in [9.17, 15) is 0 Å². The molecule has 0 radical (unpaired) electrons. The van der Waals surface area contributed by atoms with E-state index < -0.39 is 0 Å². The van der Waals surface area contributed by atoms with Crippen LogP contribution >= 0.6 is 0 Å². The van der Waals surface area contributed by atoms with Gasteiger partial charge in [-0.1, -0.05) is 6.07 Å². The molecule has 15 heavy (non-hydrogen) atoms. The number of aromatic amines is 1. The summed E-state index contributed by atoms with van der Waals surface area (Å²) < 4.78 is 0. The smallest absolute Gasteiger partial charge is 0.0972 e. The quantitative estimate of drug-likeness (QED) is 0.648. The van der Waals surface area contributed by atoms with E-state index in [1.54, 1.807) is 12.4 Å². The Kier molecular flexibility index (Phi) is 1.75. The summed E-state index contributed by atoms with van der Waals surface area (Å²) in [6.07, 6.45) is 5.53. The molecule has 0 atom stereocenters. The van der Waals surface area contributed by atoms with Crippen LogP contribution in [-0.2, 0) is 0 Å². The first-order valence-electron chi connectivity index (χ1n) is 4.78. The molecule has 1 N–H and O–H groups in total. The molecule has 0 saturated carbocycles. The number of aromatic nitrogens is 3. The number of rotatable bonds is 1. The normalized spacial score (nSPS) is 10.7. The van der Waals surface area contributed by atoms with E-state index in [-0.39, 0.29) is 0 Å². The Morgan fingerprint density at radius 3 is 2.73 bits per heavy atom. The van der Waals surface area contributed by atoms with Crippen LogP contribution in [0.5, 0.6) is 0 Å². The van der Waals surface area contributed by atoms with Crippen LogP contribution < -0.4 is 0 Å². The lowest BCUT2D eigenvalue weighted by Gasteiger charge is -1.96. The largest absolute Gasteiger partial charge is 0.359 e. The van der Waals surface area contributed by atoms with E-state index in [0.29, 0.717) is 0 Å². The van der Waals surface area contributed by atoms with Crippen molar-refractivity contribution in [1.82, 2.24) is 15.0 Å². The minimum Gasteiger partial charge on any atom is -0.359 e. The Morgan fingerprint density at radius 2 is 1.87 bits per heavy atom. The van der Waals surface area contributed by atoms with Gasteiger partial charge in [-0.05, 0) is 24.3 Å². The van der Waals surface area contributed by atoms with Crippen LogP contribution in [0.1, 0.15) is 0 Å². The Balaban J connectivity index is 2.28. The van der Waals surface area contributed by atoms with E-state index >= 15 is 0 Å². The topological polar surface area (TPSA) is 41.6 Å². The Hall–Kier alpha value is -2.16. The summed E-state index contributed by atoms with van der Waals surface area (Å²) in [5.41, 5.74) is 4.00. The summed E-state index contributed by atoms with van der Waals surface area (Å²) >= 11 is 0. The van der Waals surface area contributed by atoms with Crippen molar-refractivity contribution in [3.05, 3.63) is 48.9 Å². The maximum atomic E-state index is 4.35. The van der Waals surface area contributed by atoms with E-state index in [4.69, 9.17) is 0 Å². The summed E-state index contributed by atoms with van der Waals surface area (Å²) in [7, 11) is 0. The predicted octanol–water partition coefficient (Wildman–Crippen LogP) is 2.62. The molecule has 3 heteroatoms. The Morgan fingerprint density at radius 1 is 0.933 bits per heavy atom. The lowest BCUT2D eigenvalue weighted by atomic mass is 10.2. The average molecular weight is 195 g/mol. The maximum Gasteiger partial charge on any atom is 0.0972 e. The van der Waals surface area contributed by atoms with Crippen molar-refractivity contribution in [3.8, 4) is 11.3 Å². The third-order valence-corrected chi connectivity index (χ3v) is 2.38. The molecule has 0 spiro atoms. The Bertz CT molecular complexity index is 584. The lowest BCUT2D eigenvalue weighted by Crippen LogP contribution is -1.81. The lowest BCUT2D eigenvalue weighted by molar-refractivity contribution is 1.32. The van der Waals surface area contributed by atoms with E-state index in [1.165, 1.54) is 0 Å². The number of hydrogen-bond donors (Lipinski definition) is 1. The minimum atomic E-state index is 0.947. The van der Waals surface area contributed by atoms with Crippen molar-refractivity contribution in [3.63, 3.8) is 0 Å². The van der Waals surface area contributed by atoms with Gasteiger partial charge in [0.1, 0.15) is 0 Å². The van der Waals surface area contributed by atoms with Crippen molar-refractivity contribution < 1.29 is 0 Å². The van der Waals surface area contributed by atoms with Crippen LogP contribution in [0.25, 0.3) is 22.3 Å². The van der Waals surface area contributed by atoms with Gasteiger partial charge in [0.25, 0.3) is 0 Å². The Labute approximate surface area is 86.8 Å². The third-order valence-electron chi connectivity index (χ3n) is 2.38. The molecular formula is C12H9N3. The van der Waals surface area contributed by atoms with E-state index in [0.717, 1.165) is 22.3 Å². The van der Waals surface area contributed by atoms with Gasteiger partial charge < -0.3 is 4.98 Å². The second kappa shape index (κ2) is 3.20. The number of nitrogens with one attached hydrogen (secondary N) is 1. The maximum absolute atomic E-state index is 4.35. The molecule has 0 saturated heterocycles. The van der Waals surface area contributed by atoms with E-state index in [2.05, 4.69) is 15.0 Å². The zero-order valence-electron chi connectivity index (χ0n) is 8.01. The second-order valence-electron chi connectivity index (χ2n) is 3.32. The van der Waals surface area contributed by atoms with Gasteiger partial charge in [-0.3, -0.25) is 9.97 Å². The number of H-pyrrole nitrogens is 1. The SMILES string of the molecule is c1ccc(-c2c[nH]c3cccnc23)nc1. The number of hydrogen-bond acceptors (Lipinski definition) is 2. The first kappa shape index (κ1) is 8.17. The van der Waals surface area contributed by atoms with Gasteiger partial charge in [0.05, 0.1) is 16.7 Å². The average Bonchev–Trinajstić information content (AvgIpc) is 2.74. The molecule has 0 fully saturated rings. The van der Waals surface area contributed by atoms with Crippen LogP contribution in [0.3, 0.4) is 0 Å². The number of pyridine rings is 2. The highest BCUT2D eigenvalue weighted by atomic mass is 14.8. The molecule has 72 valence electrons. The van der Waals surface area contributed by atoms with Crippen LogP contribution in [0.4, 0.5) is 0 Å². The van der Waals surface area contributed by atoms with Crippen LogP contribution in [0.2, 0.25) is 0 Å². The number of nitrogens with zero attached hydrogens (tertiary/aromatic N) is 2. The molecule has 3 nitrogen and oxygen atoms in total. The molecule has 0 aliphatic carbocycles. The molecule has 0 amide bonds. The summed E-state index contributed by atoms with van der Waals surface area (Å²) in [5.74, 6) is 0. The fraction of sp³-hybridized carbons (Fsp3) is 0. The van der Waals surface area contributed by atoms with Crippen molar-refractivity contribution in [2.45, 2.75) is 0 Å². The zero-order chi connectivity index (χ0) is 10.1. The fourth-order valence-electron chi connectivity index (χ4n) is 1.67. The highest BCUT2D eigenvalue weighted by molar-refractivity contribution is 5.90. The highest BCUT2D eigenvalue weighted by Gasteiger charge is 2.06. The van der Waals surface area contributed by atoms with Crippen LogP contribution in [0.15, 0.2) is 48.9 Å². The molecule has 0 aliphatic heterocycles. The molecule has 3 aromatic rings. The first-order chi connectivity index (χ1) is 7.45. The van der Waals surface area contributed by atoms with Crippen molar-refractivity contribution in [2.24, 2.45) is 0 Å². The molecule has 0 aliphatic rings. The van der Waals surface area contributed by atoms with E-state index in [1.807, 2.05) is 36.5 Å². The van der Waals surface area contributed by atoms with Gasteiger partial charge in [-0.25, -0.2) is 0 Å². The van der Waals surface area contributed by atoms with Crippen molar-refractivity contribution >= 4 is 11.0 Å². The van der Waals surface area contributed by atoms with Crippen LogP contribution in [-0.4, -0.2) is 15.0 Å². The molecule has 3 aromatic heterocycles. The zero-order valence-corrected chi connectivity index (χ0v) is 8.01. The third kappa shape index (κ3) is 1.29. The highest BCUT2D eigenvalue weighted by Crippen LogP contribution is 2.24. The molecule has 0 unspecified atom stereocenters. The molecule has 0 aromatic carbocycles. The van der Waals surface area contributed by atoms with Gasteiger partial charge in [0, 0.05) is 24.2 Å². The van der Waals surface area contributed by atoms with Gasteiger partial charge >= 0.3 is 0 Å². The second-order valence-corrected chi connectivity index (χ2v) is 3.32. The van der Waals surface area contributed by atoms with Gasteiger partial charge in [-0.2, -0.15) is 0 Å². The summed E-state index contributed by atoms with van der Waals surface area (Å²) in [5, 5.41) is 0. The molecule has 3 heterocycles. The monoisotopic (exact) mass is 195 g/mol. The summed E-state index contributed by atoms with van der Waals surface area (Å²) in [6, 6.07) is 9.79. The summed E-state index contributed by atoms with van der Waals surface area (Å²) in [4.78, 5) is 11.8. The molecule has 3 rings (SSSR count). The summed E-state index contributed by atoms with van der Waals surface area (Å²) in [6.45, 7) is 0. The standard InChI is InChI=1S/C12H9N3/c1-2-6-13-10(4-1)9-8-15-11-5-3-7-14-12(9)11/h1-8,15H. The van der Waals surface area contributed by atoms with Crippen LogP contribution in [0, 0.1) is 0 Å².